The molecule has 0 bridgehead atoms. The molecule has 10 nitrogen and oxygen atoms in total. The van der Waals surface area contributed by atoms with E-state index in [0.29, 0.717) is 12.3 Å². The lowest BCUT2D eigenvalue weighted by molar-refractivity contribution is -0.123. The Bertz CT molecular complexity index is 1370. The molecule has 1 aromatic heterocycles. The minimum absolute atomic E-state index is 0.214. The first-order valence-corrected chi connectivity index (χ1v) is 15.5. The van der Waals surface area contributed by atoms with Crippen molar-refractivity contribution in [3.8, 4) is 0 Å². The summed E-state index contributed by atoms with van der Waals surface area (Å²) in [6, 6.07) is 14.5. The van der Waals surface area contributed by atoms with Crippen LogP contribution >= 0.6 is 11.3 Å². The number of nitrogens with one attached hydrogen (secondary N) is 3. The second-order valence-corrected chi connectivity index (χ2v) is 11.9. The fraction of sp³-hybridized carbons (Fsp3) is 0.393. The molecule has 4 rings (SSSR count). The number of nitrogens with zero attached hydrogens (tertiary/aromatic N) is 1. The molecule has 1 aliphatic carbocycles. The van der Waals surface area contributed by atoms with Crippen LogP contribution in [0.1, 0.15) is 65.9 Å². The van der Waals surface area contributed by atoms with Gasteiger partial charge in [0.1, 0.15) is 11.0 Å². The molecular weight excluding hydrogens is 552 g/mol. The van der Waals surface area contributed by atoms with E-state index in [1.807, 2.05) is 35.1 Å². The van der Waals surface area contributed by atoms with Gasteiger partial charge in [-0.3, -0.25) is 14.1 Å². The first-order chi connectivity index (χ1) is 19.2. The molecule has 2 atom stereocenters. The smallest absolute Gasteiger partial charge is 0.407 e. The maximum atomic E-state index is 13.6. The molecule has 2 aromatic carbocycles. The number of hydrogen-bond acceptors (Lipinski definition) is 7. The monoisotopic (exact) mass is 586 g/mol. The van der Waals surface area contributed by atoms with Gasteiger partial charge in [0, 0.05) is 17.7 Å². The van der Waals surface area contributed by atoms with Crippen molar-refractivity contribution < 1.29 is 27.3 Å². The summed E-state index contributed by atoms with van der Waals surface area (Å²) < 4.78 is 38.1. The average Bonchev–Trinajstić information content (AvgIpc) is 3.44. The molecule has 2 amide bonds. The number of methoxy groups -OCH3 is 1. The highest BCUT2D eigenvalue weighted by atomic mass is 32.2. The Hall–Kier alpha value is -3.48. The molecule has 40 heavy (non-hydrogen) atoms. The van der Waals surface area contributed by atoms with Crippen LogP contribution in [0, 0.1) is 0 Å². The van der Waals surface area contributed by atoms with Crippen molar-refractivity contribution in [2.75, 3.05) is 11.8 Å². The second kappa shape index (κ2) is 13.7. The van der Waals surface area contributed by atoms with E-state index >= 15 is 0 Å². The molecule has 1 saturated carbocycles. The van der Waals surface area contributed by atoms with Crippen LogP contribution in [0.15, 0.2) is 60.0 Å². The van der Waals surface area contributed by atoms with Gasteiger partial charge in [-0.2, -0.15) is 8.42 Å². The number of carbonyl (C=O) groups is 2. The minimum atomic E-state index is -4.39. The zero-order chi connectivity index (χ0) is 28.5. The van der Waals surface area contributed by atoms with Crippen LogP contribution < -0.4 is 15.4 Å². The fourth-order valence-electron chi connectivity index (χ4n) is 4.87. The van der Waals surface area contributed by atoms with Crippen molar-refractivity contribution in [1.29, 1.82) is 0 Å². The van der Waals surface area contributed by atoms with Crippen LogP contribution in [0.2, 0.25) is 0 Å². The van der Waals surface area contributed by atoms with Gasteiger partial charge >= 0.3 is 16.4 Å². The van der Waals surface area contributed by atoms with Crippen molar-refractivity contribution >= 4 is 39.3 Å². The van der Waals surface area contributed by atoms with Gasteiger partial charge < -0.3 is 15.4 Å². The van der Waals surface area contributed by atoms with Gasteiger partial charge in [-0.25, -0.2) is 9.78 Å². The molecule has 0 radical (unpaired) electrons. The standard InChI is InChI=1S/C28H34N4O6S2/c1-38-28(34)31-23(16-19-8-4-2-5-9-19)26(33)29-24(17-20-12-14-22(15-13-20)32-40(35,36)37)27-30-25(18-39-27)21-10-6-3-7-11-21/h2,4-5,8-9,12-15,18,21,23-24,32H,3,6-7,10-11,16-17H2,1H3,(H,29,33)(H,31,34)(H,35,36,37). The third-order valence-electron chi connectivity index (χ3n) is 6.89. The van der Waals surface area contributed by atoms with E-state index in [1.165, 1.54) is 49.8 Å². The third-order valence-corrected chi connectivity index (χ3v) is 8.37. The first-order valence-electron chi connectivity index (χ1n) is 13.2. The first kappa shape index (κ1) is 29.5. The van der Waals surface area contributed by atoms with Crippen molar-refractivity contribution in [2.45, 2.75) is 62.9 Å². The van der Waals surface area contributed by atoms with Crippen molar-refractivity contribution in [3.63, 3.8) is 0 Å². The predicted octanol–water partition coefficient (Wildman–Crippen LogP) is 4.77. The Morgan fingerprint density at radius 2 is 1.68 bits per heavy atom. The Kier molecular flexibility index (Phi) is 10.1. The lowest BCUT2D eigenvalue weighted by atomic mass is 9.87. The van der Waals surface area contributed by atoms with E-state index in [-0.39, 0.29) is 18.0 Å². The summed E-state index contributed by atoms with van der Waals surface area (Å²) in [7, 11) is -3.14. The van der Waals surface area contributed by atoms with Crippen LogP contribution in [-0.2, 0) is 32.7 Å². The lowest BCUT2D eigenvalue weighted by Crippen LogP contribution is -2.49. The molecule has 214 valence electrons. The number of alkyl carbamates (subject to hydrolysis) is 1. The van der Waals surface area contributed by atoms with Gasteiger partial charge in [0.2, 0.25) is 5.91 Å². The SMILES string of the molecule is COC(=O)NC(Cc1ccccc1)C(=O)NC(Cc1ccc(NS(=O)(=O)O)cc1)c1nc(C2CCCCC2)cs1. The van der Waals surface area contributed by atoms with E-state index in [4.69, 9.17) is 14.3 Å². The highest BCUT2D eigenvalue weighted by Crippen LogP contribution is 2.34. The molecule has 0 spiro atoms. The van der Waals surface area contributed by atoms with Crippen molar-refractivity contribution in [2.24, 2.45) is 0 Å². The Labute approximate surface area is 238 Å². The van der Waals surface area contributed by atoms with Crippen LogP contribution in [0.3, 0.4) is 0 Å². The normalized spacial score (nSPS) is 15.6. The summed E-state index contributed by atoms with van der Waals surface area (Å²) in [6.45, 7) is 0. The van der Waals surface area contributed by atoms with Crippen molar-refractivity contribution in [3.05, 3.63) is 81.8 Å². The maximum absolute atomic E-state index is 13.6. The summed E-state index contributed by atoms with van der Waals surface area (Å²) in [5.74, 6) is 0.0334. The fourth-order valence-corrected chi connectivity index (χ4v) is 6.26. The molecule has 0 saturated heterocycles. The highest BCUT2D eigenvalue weighted by molar-refractivity contribution is 7.87. The summed E-state index contributed by atoms with van der Waals surface area (Å²) in [4.78, 5) is 30.6. The van der Waals surface area contributed by atoms with E-state index < -0.39 is 28.5 Å². The third kappa shape index (κ3) is 8.77. The maximum Gasteiger partial charge on any atom is 0.407 e. The largest absolute Gasteiger partial charge is 0.453 e. The van der Waals surface area contributed by atoms with Gasteiger partial charge in [0.25, 0.3) is 0 Å². The zero-order valence-corrected chi connectivity index (χ0v) is 23.8. The minimum Gasteiger partial charge on any atom is -0.453 e. The zero-order valence-electron chi connectivity index (χ0n) is 22.2. The number of thiazole rings is 1. The Morgan fingerprint density at radius 1 is 1.00 bits per heavy atom. The van der Waals surface area contributed by atoms with E-state index in [1.54, 1.807) is 12.1 Å². The number of benzene rings is 2. The van der Waals surface area contributed by atoms with Gasteiger partial charge in [0.15, 0.2) is 0 Å². The predicted molar refractivity (Wildman–Crippen MR) is 154 cm³/mol. The number of aromatic nitrogens is 1. The number of rotatable bonds is 11. The topological polar surface area (TPSA) is 147 Å². The lowest BCUT2D eigenvalue weighted by Gasteiger charge is -2.23. The average molecular weight is 587 g/mol. The van der Waals surface area contributed by atoms with E-state index in [9.17, 15) is 18.0 Å². The van der Waals surface area contributed by atoms with Gasteiger partial charge in [-0.15, -0.1) is 11.3 Å². The van der Waals surface area contributed by atoms with E-state index in [0.717, 1.165) is 34.7 Å². The molecule has 1 aliphatic rings. The summed E-state index contributed by atoms with van der Waals surface area (Å²) in [5, 5.41) is 8.55. The van der Waals surface area contributed by atoms with E-state index in [2.05, 4.69) is 16.0 Å². The highest BCUT2D eigenvalue weighted by Gasteiger charge is 2.27. The Morgan fingerprint density at radius 3 is 2.33 bits per heavy atom. The molecule has 0 aliphatic heterocycles. The number of anilines is 1. The summed E-state index contributed by atoms with van der Waals surface area (Å²) in [5.41, 5.74) is 2.96. The molecule has 1 heterocycles. The molecule has 4 N–H and O–H groups in total. The molecular formula is C28H34N4O6S2. The van der Waals surface area contributed by atoms with Crippen LogP contribution in [0.5, 0.6) is 0 Å². The number of hydrogen-bond donors (Lipinski definition) is 4. The summed E-state index contributed by atoms with van der Waals surface area (Å²) >= 11 is 1.50. The summed E-state index contributed by atoms with van der Waals surface area (Å²) in [6.07, 6.45) is 5.76. The number of carbonyl (C=O) groups excluding carboxylic acids is 2. The van der Waals surface area contributed by atoms with Crippen molar-refractivity contribution in [1.82, 2.24) is 15.6 Å². The number of amides is 2. The molecule has 1 fully saturated rings. The second-order valence-electron chi connectivity index (χ2n) is 9.86. The van der Waals surface area contributed by atoms with Crippen LogP contribution in [0.25, 0.3) is 0 Å². The molecule has 3 aromatic rings. The van der Waals surface area contributed by atoms with Gasteiger partial charge in [0.05, 0.1) is 24.5 Å². The van der Waals surface area contributed by atoms with Gasteiger partial charge in [-0.05, 0) is 42.5 Å². The quantitative estimate of drug-likeness (QED) is 0.237. The van der Waals surface area contributed by atoms with Crippen LogP contribution in [-0.4, -0.2) is 43.1 Å². The molecule has 2 unspecified atom stereocenters. The molecule has 12 heteroatoms. The van der Waals surface area contributed by atoms with Gasteiger partial charge in [-0.1, -0.05) is 61.7 Å². The van der Waals surface area contributed by atoms with Crippen LogP contribution in [0.4, 0.5) is 10.5 Å². The Balaban J connectivity index is 1.57. The number of ether oxygens (including phenoxy) is 1.